The number of aliphatic hydroxyl groups excluding tert-OH is 1. The first-order valence-electron chi connectivity index (χ1n) is 9.65. The number of aliphatic hydroxyl groups is 1. The minimum Gasteiger partial charge on any atom is -0.380 e. The molecule has 5 nitrogen and oxygen atoms in total. The summed E-state index contributed by atoms with van der Waals surface area (Å²) in [6.45, 7) is 3.37. The number of benzene rings is 1. The lowest BCUT2D eigenvalue weighted by molar-refractivity contribution is -0.138. The third-order valence-electron chi connectivity index (χ3n) is 4.87. The van der Waals surface area contributed by atoms with E-state index in [1.807, 2.05) is 11.8 Å². The number of pyridine rings is 1. The molecule has 158 valence electrons. The van der Waals surface area contributed by atoms with Crippen LogP contribution in [0, 0.1) is 11.8 Å². The highest BCUT2D eigenvalue weighted by Crippen LogP contribution is 2.32. The van der Waals surface area contributed by atoms with Crippen molar-refractivity contribution in [2.75, 3.05) is 31.1 Å². The lowest BCUT2D eigenvalue weighted by atomic mass is 10.1. The van der Waals surface area contributed by atoms with Gasteiger partial charge in [-0.25, -0.2) is 4.98 Å². The molecular weight excluding hydrogens is 395 g/mol. The number of aromatic nitrogens is 1. The van der Waals surface area contributed by atoms with Crippen LogP contribution in [-0.4, -0.2) is 53.2 Å². The Morgan fingerprint density at radius 3 is 2.47 bits per heavy atom. The second-order valence-electron chi connectivity index (χ2n) is 6.92. The molecule has 1 aromatic heterocycles. The van der Waals surface area contributed by atoms with Gasteiger partial charge in [0.25, 0.3) is 5.91 Å². The minimum atomic E-state index is -4.57. The van der Waals surface area contributed by atoms with Crippen LogP contribution in [0.1, 0.15) is 34.8 Å². The van der Waals surface area contributed by atoms with Crippen LogP contribution in [0.15, 0.2) is 42.6 Å². The molecule has 3 rings (SSSR count). The number of hydrogen-bond donors (Lipinski definition) is 1. The average molecular weight is 417 g/mol. The van der Waals surface area contributed by atoms with Crippen LogP contribution >= 0.6 is 0 Å². The third-order valence-corrected chi connectivity index (χ3v) is 4.87. The maximum Gasteiger partial charge on any atom is 0.417 e. The maximum absolute atomic E-state index is 13.2. The molecule has 2 heterocycles. The summed E-state index contributed by atoms with van der Waals surface area (Å²) in [5.41, 5.74) is -0.554. The Bertz CT molecular complexity index is 941. The van der Waals surface area contributed by atoms with Crippen molar-refractivity contribution in [2.45, 2.75) is 25.6 Å². The fourth-order valence-corrected chi connectivity index (χ4v) is 3.14. The standard InChI is InChI=1S/C22H22F3N3O2/c1-2-17(29)9-7-16-8-10-20(26-15-16)27-11-13-28(14-12-27)21(30)18-5-3-4-6-19(18)22(23,24)25/h3-6,8,10,15,17,29H,2,11-14H2,1H3. The van der Waals surface area contributed by atoms with Crippen LogP contribution in [0.2, 0.25) is 0 Å². The predicted octanol–water partition coefficient (Wildman–Crippen LogP) is 3.19. The monoisotopic (exact) mass is 417 g/mol. The summed E-state index contributed by atoms with van der Waals surface area (Å²) in [5, 5.41) is 9.49. The van der Waals surface area contributed by atoms with Crippen molar-refractivity contribution in [3.05, 3.63) is 59.3 Å². The second-order valence-corrected chi connectivity index (χ2v) is 6.92. The van der Waals surface area contributed by atoms with Crippen LogP contribution in [0.3, 0.4) is 0 Å². The molecule has 0 aliphatic carbocycles. The maximum atomic E-state index is 13.2. The summed E-state index contributed by atoms with van der Waals surface area (Å²) >= 11 is 0. The van der Waals surface area contributed by atoms with E-state index in [0.29, 0.717) is 44.0 Å². The van der Waals surface area contributed by atoms with Gasteiger partial charge in [-0.05, 0) is 30.7 Å². The van der Waals surface area contributed by atoms with Crippen LogP contribution in [-0.2, 0) is 6.18 Å². The summed E-state index contributed by atoms with van der Waals surface area (Å²) in [6.07, 6.45) is -3.08. The summed E-state index contributed by atoms with van der Waals surface area (Å²) < 4.78 is 39.6. The molecule has 0 radical (unpaired) electrons. The lowest BCUT2D eigenvalue weighted by Crippen LogP contribution is -2.49. The Labute approximate surface area is 173 Å². The van der Waals surface area contributed by atoms with Crippen LogP contribution in [0.5, 0.6) is 0 Å². The second kappa shape index (κ2) is 9.18. The molecule has 2 aromatic rings. The van der Waals surface area contributed by atoms with Gasteiger partial charge in [-0.2, -0.15) is 13.2 Å². The van der Waals surface area contributed by atoms with E-state index >= 15 is 0 Å². The largest absolute Gasteiger partial charge is 0.417 e. The number of anilines is 1. The Morgan fingerprint density at radius 1 is 1.17 bits per heavy atom. The number of hydrogen-bond acceptors (Lipinski definition) is 4. The van der Waals surface area contributed by atoms with Gasteiger partial charge in [-0.3, -0.25) is 4.79 Å². The fourth-order valence-electron chi connectivity index (χ4n) is 3.14. The van der Waals surface area contributed by atoms with E-state index in [-0.39, 0.29) is 5.56 Å². The van der Waals surface area contributed by atoms with Crippen molar-refractivity contribution in [1.29, 1.82) is 0 Å². The molecule has 0 saturated carbocycles. The smallest absolute Gasteiger partial charge is 0.380 e. The number of rotatable bonds is 3. The van der Waals surface area contributed by atoms with Gasteiger partial charge in [0.2, 0.25) is 0 Å². The number of amides is 1. The van der Waals surface area contributed by atoms with E-state index in [2.05, 4.69) is 16.8 Å². The zero-order chi connectivity index (χ0) is 21.7. The molecule has 0 spiro atoms. The highest BCUT2D eigenvalue weighted by atomic mass is 19.4. The molecule has 1 aliphatic rings. The molecule has 1 N–H and O–H groups in total. The molecule has 1 atom stereocenters. The van der Waals surface area contributed by atoms with Crippen LogP contribution < -0.4 is 4.90 Å². The predicted molar refractivity (Wildman–Crippen MR) is 107 cm³/mol. The third kappa shape index (κ3) is 5.10. The molecule has 1 fully saturated rings. The molecule has 0 bridgehead atoms. The summed E-state index contributed by atoms with van der Waals surface area (Å²) in [5.74, 6) is 5.67. The van der Waals surface area contributed by atoms with E-state index in [9.17, 15) is 23.1 Å². The number of nitrogens with zero attached hydrogens (tertiary/aromatic N) is 3. The van der Waals surface area contributed by atoms with Crippen molar-refractivity contribution in [3.8, 4) is 11.8 Å². The first-order valence-corrected chi connectivity index (χ1v) is 9.65. The Kier molecular flexibility index (Phi) is 6.63. The molecule has 1 unspecified atom stereocenters. The highest BCUT2D eigenvalue weighted by Gasteiger charge is 2.36. The Hall–Kier alpha value is -3.05. The number of carbonyl (C=O) groups is 1. The highest BCUT2D eigenvalue weighted by molar-refractivity contribution is 5.96. The Balaban J connectivity index is 1.64. The SMILES string of the molecule is CCC(O)C#Cc1ccc(N2CCN(C(=O)c3ccccc3C(F)(F)F)CC2)nc1. The fraction of sp³-hybridized carbons (Fsp3) is 0.364. The van der Waals surface area contributed by atoms with Gasteiger partial charge in [0.1, 0.15) is 11.9 Å². The van der Waals surface area contributed by atoms with E-state index < -0.39 is 23.8 Å². The topological polar surface area (TPSA) is 56.7 Å². The van der Waals surface area contributed by atoms with E-state index in [4.69, 9.17) is 0 Å². The molecule has 1 amide bonds. The van der Waals surface area contributed by atoms with Gasteiger partial charge in [0, 0.05) is 37.9 Å². The summed E-state index contributed by atoms with van der Waals surface area (Å²) in [4.78, 5) is 20.4. The number of carbonyl (C=O) groups excluding carboxylic acids is 1. The summed E-state index contributed by atoms with van der Waals surface area (Å²) in [7, 11) is 0. The molecule has 30 heavy (non-hydrogen) atoms. The van der Waals surface area contributed by atoms with Crippen LogP contribution in [0.25, 0.3) is 0 Å². The molecule has 1 aromatic carbocycles. The summed E-state index contributed by atoms with van der Waals surface area (Å²) in [6, 6.07) is 8.46. The molecule has 1 saturated heterocycles. The van der Waals surface area contributed by atoms with Crippen molar-refractivity contribution in [2.24, 2.45) is 0 Å². The number of halogens is 3. The van der Waals surface area contributed by atoms with E-state index in [1.54, 1.807) is 18.3 Å². The van der Waals surface area contributed by atoms with Gasteiger partial charge in [-0.1, -0.05) is 30.9 Å². The lowest BCUT2D eigenvalue weighted by Gasteiger charge is -2.35. The van der Waals surface area contributed by atoms with Crippen molar-refractivity contribution >= 4 is 11.7 Å². The van der Waals surface area contributed by atoms with Gasteiger partial charge < -0.3 is 14.9 Å². The molecular formula is C22H22F3N3O2. The van der Waals surface area contributed by atoms with E-state index in [1.165, 1.54) is 23.1 Å². The van der Waals surface area contributed by atoms with E-state index in [0.717, 1.165) is 6.07 Å². The number of alkyl halides is 3. The molecule has 1 aliphatic heterocycles. The minimum absolute atomic E-state index is 0.303. The van der Waals surface area contributed by atoms with Gasteiger partial charge in [0.15, 0.2) is 0 Å². The van der Waals surface area contributed by atoms with Gasteiger partial charge in [0.05, 0.1) is 11.1 Å². The quantitative estimate of drug-likeness (QED) is 0.780. The zero-order valence-electron chi connectivity index (χ0n) is 16.5. The first kappa shape index (κ1) is 21.7. The molecule has 8 heteroatoms. The van der Waals surface area contributed by atoms with Gasteiger partial charge in [-0.15, -0.1) is 0 Å². The average Bonchev–Trinajstić information content (AvgIpc) is 2.77. The van der Waals surface area contributed by atoms with Gasteiger partial charge >= 0.3 is 6.18 Å². The van der Waals surface area contributed by atoms with Crippen molar-refractivity contribution in [1.82, 2.24) is 9.88 Å². The normalized spacial score (nSPS) is 15.4. The number of piperazine rings is 1. The Morgan fingerprint density at radius 2 is 1.87 bits per heavy atom. The van der Waals surface area contributed by atoms with Crippen molar-refractivity contribution < 1.29 is 23.1 Å². The first-order chi connectivity index (χ1) is 14.3. The van der Waals surface area contributed by atoms with Crippen LogP contribution in [0.4, 0.5) is 19.0 Å². The zero-order valence-corrected chi connectivity index (χ0v) is 16.5. The van der Waals surface area contributed by atoms with Crippen molar-refractivity contribution in [3.63, 3.8) is 0 Å².